The van der Waals surface area contributed by atoms with Crippen molar-refractivity contribution in [3.8, 4) is 16.9 Å². The van der Waals surface area contributed by atoms with Gasteiger partial charge in [0.15, 0.2) is 0 Å². The Balaban J connectivity index is 2.11. The zero-order valence-electron chi connectivity index (χ0n) is 13.5. The van der Waals surface area contributed by atoms with Crippen LogP contribution in [0.4, 0.5) is 5.69 Å². The number of aromatic nitrogens is 2. The lowest BCUT2D eigenvalue weighted by atomic mass is 9.96. The van der Waals surface area contributed by atoms with Gasteiger partial charge in [-0.2, -0.15) is 0 Å². The summed E-state index contributed by atoms with van der Waals surface area (Å²) < 4.78 is 0. The van der Waals surface area contributed by atoms with Crippen LogP contribution < -0.4 is 0 Å². The monoisotopic (exact) mass is 350 g/mol. The molecule has 0 aliphatic rings. The Morgan fingerprint density at radius 1 is 1.23 bits per heavy atom. The first-order chi connectivity index (χ1) is 12.6. The summed E-state index contributed by atoms with van der Waals surface area (Å²) in [6, 6.07) is 9.33. The molecule has 0 aliphatic carbocycles. The fourth-order valence-electron chi connectivity index (χ4n) is 2.62. The number of phenolic OH excluding ortho intramolecular Hbond substituents is 1. The number of aromatic hydroxyl groups is 1. The highest BCUT2D eigenvalue weighted by atomic mass is 16.6. The van der Waals surface area contributed by atoms with Crippen LogP contribution in [0, 0.1) is 10.1 Å². The Hall–Kier alpha value is -3.81. The average molecular weight is 350 g/mol. The molecule has 8 heteroatoms. The van der Waals surface area contributed by atoms with Crippen molar-refractivity contribution in [1.29, 1.82) is 0 Å². The number of rotatable bonds is 5. The van der Waals surface area contributed by atoms with Crippen LogP contribution in [-0.4, -0.2) is 31.4 Å². The number of phenols is 1. The summed E-state index contributed by atoms with van der Waals surface area (Å²) in [5.74, 6) is -0.133. The first kappa shape index (κ1) is 17.0. The Morgan fingerprint density at radius 3 is 2.77 bits per heavy atom. The Kier molecular flexibility index (Phi) is 4.84. The summed E-state index contributed by atoms with van der Waals surface area (Å²) in [6.07, 6.45) is 6.31. The molecule has 3 aromatic rings. The van der Waals surface area contributed by atoms with Crippen molar-refractivity contribution >= 4 is 11.9 Å². The van der Waals surface area contributed by atoms with E-state index in [2.05, 4.69) is 15.1 Å². The fourth-order valence-corrected chi connectivity index (χ4v) is 2.62. The third-order valence-corrected chi connectivity index (χ3v) is 3.77. The fraction of sp³-hybridized carbons (Fsp3) is 0.0556. The molecule has 130 valence electrons. The molecule has 0 unspecified atom stereocenters. The van der Waals surface area contributed by atoms with E-state index >= 15 is 0 Å². The van der Waals surface area contributed by atoms with Crippen molar-refractivity contribution < 1.29 is 15.2 Å². The van der Waals surface area contributed by atoms with Gasteiger partial charge in [-0.15, -0.1) is 0 Å². The number of benzene rings is 2. The van der Waals surface area contributed by atoms with Gasteiger partial charge in [0.2, 0.25) is 0 Å². The van der Waals surface area contributed by atoms with Crippen LogP contribution in [0.1, 0.15) is 16.8 Å². The molecule has 2 N–H and O–H groups in total. The van der Waals surface area contributed by atoms with Crippen molar-refractivity contribution in [2.75, 3.05) is 0 Å². The Labute approximate surface area is 148 Å². The van der Waals surface area contributed by atoms with Crippen molar-refractivity contribution in [3.63, 3.8) is 0 Å². The minimum absolute atomic E-state index is 0.0846. The van der Waals surface area contributed by atoms with Crippen molar-refractivity contribution in [2.45, 2.75) is 6.42 Å². The van der Waals surface area contributed by atoms with E-state index in [1.54, 1.807) is 42.9 Å². The molecule has 0 aliphatic heterocycles. The molecule has 0 saturated heterocycles. The standard InChI is InChI=1S/C18H14N4O4/c23-18-14(10-21-24)6-12(7-15-11-19-4-5-20-15)8-17(18)13-2-1-3-16(9-13)22(25)26/h1-6,8-11,23-24H,7H2. The van der Waals surface area contributed by atoms with Gasteiger partial charge in [0.1, 0.15) is 5.75 Å². The largest absolute Gasteiger partial charge is 0.507 e. The summed E-state index contributed by atoms with van der Waals surface area (Å²) in [5, 5.41) is 33.3. The van der Waals surface area contributed by atoms with Crippen LogP contribution in [0.2, 0.25) is 0 Å². The van der Waals surface area contributed by atoms with Gasteiger partial charge in [0.25, 0.3) is 5.69 Å². The maximum atomic E-state index is 11.0. The second kappa shape index (κ2) is 7.39. The van der Waals surface area contributed by atoms with E-state index in [1.807, 2.05) is 0 Å². The molecule has 0 radical (unpaired) electrons. The molecule has 1 heterocycles. The summed E-state index contributed by atoms with van der Waals surface area (Å²) in [7, 11) is 0. The van der Waals surface area contributed by atoms with Gasteiger partial charge in [0.05, 0.1) is 16.8 Å². The van der Waals surface area contributed by atoms with E-state index in [4.69, 9.17) is 5.21 Å². The predicted molar refractivity (Wildman–Crippen MR) is 94.4 cm³/mol. The maximum Gasteiger partial charge on any atom is 0.270 e. The van der Waals surface area contributed by atoms with Gasteiger partial charge < -0.3 is 10.3 Å². The Bertz CT molecular complexity index is 974. The first-order valence-electron chi connectivity index (χ1n) is 7.61. The number of oxime groups is 1. The van der Waals surface area contributed by atoms with E-state index in [0.29, 0.717) is 17.5 Å². The zero-order chi connectivity index (χ0) is 18.5. The molecule has 26 heavy (non-hydrogen) atoms. The molecule has 2 aromatic carbocycles. The van der Waals surface area contributed by atoms with Crippen molar-refractivity contribution in [3.05, 3.63) is 81.9 Å². The molecular weight excluding hydrogens is 336 g/mol. The highest BCUT2D eigenvalue weighted by molar-refractivity contribution is 5.89. The highest BCUT2D eigenvalue weighted by Gasteiger charge is 2.14. The van der Waals surface area contributed by atoms with E-state index in [-0.39, 0.29) is 17.0 Å². The summed E-state index contributed by atoms with van der Waals surface area (Å²) in [5.41, 5.74) is 2.57. The topological polar surface area (TPSA) is 122 Å². The lowest BCUT2D eigenvalue weighted by Gasteiger charge is -2.11. The molecule has 0 saturated carbocycles. The van der Waals surface area contributed by atoms with E-state index < -0.39 is 4.92 Å². The van der Waals surface area contributed by atoms with E-state index in [0.717, 1.165) is 17.5 Å². The minimum atomic E-state index is -0.500. The average Bonchev–Trinajstić information content (AvgIpc) is 2.65. The molecule has 3 rings (SSSR count). The lowest BCUT2D eigenvalue weighted by molar-refractivity contribution is -0.384. The van der Waals surface area contributed by atoms with Crippen LogP contribution in [0.15, 0.2) is 60.1 Å². The minimum Gasteiger partial charge on any atom is -0.507 e. The number of nitrogens with zero attached hydrogens (tertiary/aromatic N) is 4. The highest BCUT2D eigenvalue weighted by Crippen LogP contribution is 2.35. The lowest BCUT2D eigenvalue weighted by Crippen LogP contribution is -1.97. The van der Waals surface area contributed by atoms with E-state index in [1.165, 1.54) is 12.1 Å². The second-order valence-electron chi connectivity index (χ2n) is 5.51. The molecule has 0 fully saturated rings. The number of hydrogen-bond acceptors (Lipinski definition) is 7. The molecule has 0 bridgehead atoms. The number of nitro groups is 1. The van der Waals surface area contributed by atoms with Gasteiger partial charge in [-0.25, -0.2) is 0 Å². The molecular formula is C18H14N4O4. The Morgan fingerprint density at radius 2 is 2.08 bits per heavy atom. The van der Waals surface area contributed by atoms with Crippen LogP contribution in [0.25, 0.3) is 11.1 Å². The zero-order valence-corrected chi connectivity index (χ0v) is 13.5. The molecule has 8 nitrogen and oxygen atoms in total. The van der Waals surface area contributed by atoms with Gasteiger partial charge in [-0.1, -0.05) is 17.3 Å². The summed E-state index contributed by atoms with van der Waals surface area (Å²) in [6.45, 7) is 0. The molecule has 1 aromatic heterocycles. The van der Waals surface area contributed by atoms with Crippen molar-refractivity contribution in [2.24, 2.45) is 5.16 Å². The third-order valence-electron chi connectivity index (χ3n) is 3.77. The number of nitro benzene ring substituents is 1. The van der Waals surface area contributed by atoms with Crippen LogP contribution in [0.3, 0.4) is 0 Å². The van der Waals surface area contributed by atoms with E-state index in [9.17, 15) is 15.2 Å². The van der Waals surface area contributed by atoms with Crippen molar-refractivity contribution in [1.82, 2.24) is 9.97 Å². The van der Waals surface area contributed by atoms with Crippen LogP contribution in [0.5, 0.6) is 5.75 Å². The summed E-state index contributed by atoms with van der Waals surface area (Å²) >= 11 is 0. The smallest absolute Gasteiger partial charge is 0.270 e. The number of non-ortho nitro benzene ring substituents is 1. The predicted octanol–water partition coefficient (Wildman–Crippen LogP) is 3.16. The normalized spacial score (nSPS) is 10.9. The van der Waals surface area contributed by atoms with Crippen LogP contribution >= 0.6 is 0 Å². The van der Waals surface area contributed by atoms with Gasteiger partial charge >= 0.3 is 0 Å². The van der Waals surface area contributed by atoms with Gasteiger partial charge in [0, 0.05) is 48.3 Å². The SMILES string of the molecule is O=[N+]([O-])c1cccc(-c2cc(Cc3cnccn3)cc(C=NO)c2O)c1. The van der Waals surface area contributed by atoms with Gasteiger partial charge in [-0.3, -0.25) is 20.1 Å². The van der Waals surface area contributed by atoms with Crippen LogP contribution in [-0.2, 0) is 6.42 Å². The summed E-state index contributed by atoms with van der Waals surface area (Å²) in [4.78, 5) is 18.8. The molecule has 0 amide bonds. The quantitative estimate of drug-likeness (QED) is 0.315. The number of hydrogen-bond donors (Lipinski definition) is 2. The van der Waals surface area contributed by atoms with Gasteiger partial charge in [-0.05, 0) is 23.3 Å². The first-order valence-corrected chi connectivity index (χ1v) is 7.61. The molecule has 0 atom stereocenters. The maximum absolute atomic E-state index is 11.0. The second-order valence-corrected chi connectivity index (χ2v) is 5.51. The third kappa shape index (κ3) is 3.64. The molecule has 0 spiro atoms.